The van der Waals surface area contributed by atoms with E-state index < -0.39 is 6.03 Å². The Morgan fingerprint density at radius 2 is 1.88 bits per heavy atom. The van der Waals surface area contributed by atoms with Gasteiger partial charge >= 0.3 is 6.03 Å². The summed E-state index contributed by atoms with van der Waals surface area (Å²) in [5.74, 6) is -0.281. The number of hydrogen-bond donors (Lipinski definition) is 3. The topological polar surface area (TPSA) is 104 Å². The first kappa shape index (κ1) is 19.4. The minimum atomic E-state index is -0.395. The summed E-state index contributed by atoms with van der Waals surface area (Å²) in [5, 5.41) is 10.3. The monoisotopic (exact) mass is 355 g/mol. The van der Waals surface area contributed by atoms with Crippen LogP contribution in [0.4, 0.5) is 4.79 Å². The largest absolute Gasteiger partial charge is 0.379 e. The van der Waals surface area contributed by atoms with Crippen LogP contribution < -0.4 is 11.1 Å². The fourth-order valence-electron chi connectivity index (χ4n) is 2.38. The van der Waals surface area contributed by atoms with E-state index >= 15 is 0 Å². The summed E-state index contributed by atoms with van der Waals surface area (Å²) in [6.45, 7) is 1.69. The summed E-state index contributed by atoms with van der Waals surface area (Å²) in [4.78, 5) is 17.4. The lowest BCUT2D eigenvalue weighted by Crippen LogP contribution is -2.48. The van der Waals surface area contributed by atoms with Crippen LogP contribution in [0.1, 0.15) is 11.1 Å². The predicted molar refractivity (Wildman–Crippen MR) is 101 cm³/mol. The quantitative estimate of drug-likeness (QED) is 0.362. The molecule has 0 saturated carbocycles. The standard InChI is InChI=1S/C19H25N5O2/c20-18(21)24(12-8-17-7-4-10-22-15-17)19(25)23-11-14-26-13-9-16-5-2-1-3-6-16/h1-7,10,15H,8-9,11-14H2,(H3,20,21)(H,23,25). The molecule has 0 aliphatic carbocycles. The first-order valence-electron chi connectivity index (χ1n) is 8.57. The lowest BCUT2D eigenvalue weighted by Gasteiger charge is -2.21. The zero-order valence-corrected chi connectivity index (χ0v) is 14.7. The Morgan fingerprint density at radius 3 is 2.58 bits per heavy atom. The van der Waals surface area contributed by atoms with Gasteiger partial charge in [-0.3, -0.25) is 15.3 Å². The molecule has 0 unspecified atom stereocenters. The molecule has 7 nitrogen and oxygen atoms in total. The molecule has 26 heavy (non-hydrogen) atoms. The fourth-order valence-corrected chi connectivity index (χ4v) is 2.38. The van der Waals surface area contributed by atoms with Gasteiger partial charge in [-0.25, -0.2) is 4.79 Å². The molecule has 0 atom stereocenters. The van der Waals surface area contributed by atoms with Crippen molar-refractivity contribution < 1.29 is 9.53 Å². The Hall–Kier alpha value is -2.93. The minimum absolute atomic E-state index is 0.281. The van der Waals surface area contributed by atoms with Crippen LogP contribution in [0.15, 0.2) is 54.9 Å². The highest BCUT2D eigenvalue weighted by atomic mass is 16.5. The zero-order chi connectivity index (χ0) is 18.6. The third-order valence-electron chi connectivity index (χ3n) is 3.78. The van der Waals surface area contributed by atoms with Crippen molar-refractivity contribution >= 4 is 12.0 Å². The van der Waals surface area contributed by atoms with Crippen molar-refractivity contribution in [3.8, 4) is 0 Å². The number of guanidine groups is 1. The number of carbonyl (C=O) groups excluding carboxylic acids is 1. The molecule has 1 aromatic carbocycles. The van der Waals surface area contributed by atoms with Crippen LogP contribution in [-0.2, 0) is 17.6 Å². The van der Waals surface area contributed by atoms with E-state index in [0.29, 0.717) is 32.7 Å². The van der Waals surface area contributed by atoms with E-state index in [2.05, 4.69) is 22.4 Å². The number of benzene rings is 1. The van der Waals surface area contributed by atoms with Gasteiger partial charge in [0, 0.05) is 25.5 Å². The number of nitrogens with two attached hydrogens (primary N) is 1. The molecule has 2 amide bonds. The average molecular weight is 355 g/mol. The molecule has 0 radical (unpaired) electrons. The van der Waals surface area contributed by atoms with Crippen molar-refractivity contribution in [2.75, 3.05) is 26.3 Å². The van der Waals surface area contributed by atoms with Crippen molar-refractivity contribution in [3.05, 3.63) is 66.0 Å². The lowest BCUT2D eigenvalue weighted by molar-refractivity contribution is 0.138. The molecule has 0 saturated heterocycles. The number of hydrogen-bond acceptors (Lipinski definition) is 4. The van der Waals surface area contributed by atoms with Crippen LogP contribution in [0, 0.1) is 5.41 Å². The van der Waals surface area contributed by atoms with Crippen molar-refractivity contribution in [2.24, 2.45) is 5.73 Å². The number of urea groups is 1. The van der Waals surface area contributed by atoms with E-state index in [9.17, 15) is 4.79 Å². The predicted octanol–water partition coefficient (Wildman–Crippen LogP) is 1.79. The summed E-state index contributed by atoms with van der Waals surface area (Å²) >= 11 is 0. The van der Waals surface area contributed by atoms with E-state index in [0.717, 1.165) is 12.0 Å². The SMILES string of the molecule is N=C(N)N(CCc1cccnc1)C(=O)NCCOCCc1ccccc1. The van der Waals surface area contributed by atoms with Crippen LogP contribution >= 0.6 is 0 Å². The number of aromatic nitrogens is 1. The van der Waals surface area contributed by atoms with Gasteiger partial charge in [0.2, 0.25) is 0 Å². The van der Waals surface area contributed by atoms with Crippen molar-refractivity contribution in [1.29, 1.82) is 5.41 Å². The van der Waals surface area contributed by atoms with E-state index in [1.165, 1.54) is 10.5 Å². The van der Waals surface area contributed by atoms with Gasteiger partial charge in [0.1, 0.15) is 0 Å². The molecule has 0 aliphatic heterocycles. The first-order valence-corrected chi connectivity index (χ1v) is 8.57. The number of amides is 2. The lowest BCUT2D eigenvalue weighted by atomic mass is 10.2. The molecule has 2 rings (SSSR count). The molecule has 2 aromatic rings. The normalized spacial score (nSPS) is 10.3. The number of nitrogens with one attached hydrogen (secondary N) is 2. The van der Waals surface area contributed by atoms with E-state index in [1.54, 1.807) is 12.4 Å². The van der Waals surface area contributed by atoms with Crippen LogP contribution in [-0.4, -0.2) is 48.2 Å². The number of carbonyl (C=O) groups is 1. The number of rotatable bonds is 9. The molecular formula is C19H25N5O2. The summed E-state index contributed by atoms with van der Waals surface area (Å²) in [7, 11) is 0. The van der Waals surface area contributed by atoms with Crippen LogP contribution in [0.5, 0.6) is 0 Å². The molecule has 138 valence electrons. The maximum Gasteiger partial charge on any atom is 0.324 e. The fraction of sp³-hybridized carbons (Fsp3) is 0.316. The van der Waals surface area contributed by atoms with Gasteiger partial charge in [0.05, 0.1) is 13.2 Å². The summed E-state index contributed by atoms with van der Waals surface area (Å²) < 4.78 is 5.53. The summed E-state index contributed by atoms with van der Waals surface area (Å²) in [6.07, 6.45) is 4.83. The average Bonchev–Trinajstić information content (AvgIpc) is 2.66. The maximum absolute atomic E-state index is 12.2. The Labute approximate surface area is 153 Å². The van der Waals surface area contributed by atoms with E-state index in [-0.39, 0.29) is 5.96 Å². The van der Waals surface area contributed by atoms with Gasteiger partial charge in [-0.05, 0) is 30.0 Å². The Kier molecular flexibility index (Phi) is 8.08. The molecule has 7 heteroatoms. The third kappa shape index (κ3) is 6.90. The zero-order valence-electron chi connectivity index (χ0n) is 14.7. The molecular weight excluding hydrogens is 330 g/mol. The highest BCUT2D eigenvalue weighted by Gasteiger charge is 2.15. The Bertz CT molecular complexity index is 679. The van der Waals surface area contributed by atoms with Gasteiger partial charge in [-0.2, -0.15) is 0 Å². The van der Waals surface area contributed by atoms with Crippen molar-refractivity contribution in [1.82, 2.24) is 15.2 Å². The molecule has 4 N–H and O–H groups in total. The van der Waals surface area contributed by atoms with Crippen molar-refractivity contribution in [2.45, 2.75) is 12.8 Å². The van der Waals surface area contributed by atoms with Crippen LogP contribution in [0.2, 0.25) is 0 Å². The van der Waals surface area contributed by atoms with Gasteiger partial charge in [0.25, 0.3) is 0 Å². The highest BCUT2D eigenvalue weighted by Crippen LogP contribution is 2.01. The summed E-state index contributed by atoms with van der Waals surface area (Å²) in [5.41, 5.74) is 7.72. The van der Waals surface area contributed by atoms with E-state index in [4.69, 9.17) is 15.9 Å². The second kappa shape index (κ2) is 10.8. The van der Waals surface area contributed by atoms with Crippen LogP contribution in [0.25, 0.3) is 0 Å². The third-order valence-corrected chi connectivity index (χ3v) is 3.78. The minimum Gasteiger partial charge on any atom is -0.379 e. The van der Waals surface area contributed by atoms with E-state index in [1.807, 2.05) is 30.3 Å². The number of pyridine rings is 1. The van der Waals surface area contributed by atoms with Gasteiger partial charge < -0.3 is 15.8 Å². The molecule has 0 aliphatic rings. The van der Waals surface area contributed by atoms with Gasteiger partial charge in [-0.15, -0.1) is 0 Å². The molecule has 0 fully saturated rings. The number of nitrogens with zero attached hydrogens (tertiary/aromatic N) is 2. The second-order valence-corrected chi connectivity index (χ2v) is 5.73. The molecule has 1 aromatic heterocycles. The smallest absolute Gasteiger partial charge is 0.324 e. The number of ether oxygens (including phenoxy) is 1. The Balaban J connectivity index is 1.64. The maximum atomic E-state index is 12.2. The van der Waals surface area contributed by atoms with Crippen molar-refractivity contribution in [3.63, 3.8) is 0 Å². The summed E-state index contributed by atoms with van der Waals surface area (Å²) in [6, 6.07) is 13.4. The molecule has 0 spiro atoms. The first-order chi connectivity index (χ1) is 12.7. The highest BCUT2D eigenvalue weighted by molar-refractivity contribution is 5.93. The Morgan fingerprint density at radius 1 is 1.12 bits per heavy atom. The van der Waals surface area contributed by atoms with Gasteiger partial charge in [0.15, 0.2) is 5.96 Å². The second-order valence-electron chi connectivity index (χ2n) is 5.73. The van der Waals surface area contributed by atoms with Crippen LogP contribution in [0.3, 0.4) is 0 Å². The molecule has 0 bridgehead atoms. The van der Waals surface area contributed by atoms with Gasteiger partial charge in [-0.1, -0.05) is 36.4 Å². The molecule has 1 heterocycles.